The van der Waals surface area contributed by atoms with Gasteiger partial charge in [-0.1, -0.05) is 32.0 Å². The van der Waals surface area contributed by atoms with E-state index in [1.165, 1.54) is 11.1 Å². The summed E-state index contributed by atoms with van der Waals surface area (Å²) in [5.41, 5.74) is 3.39. The maximum Gasteiger partial charge on any atom is 0.102 e. The third kappa shape index (κ3) is 4.14. The summed E-state index contributed by atoms with van der Waals surface area (Å²) >= 11 is 0. The van der Waals surface area contributed by atoms with Gasteiger partial charge in [0.15, 0.2) is 0 Å². The van der Waals surface area contributed by atoms with Crippen molar-refractivity contribution >= 4 is 0 Å². The fourth-order valence-corrected chi connectivity index (χ4v) is 1.50. The Labute approximate surface area is 105 Å². The molecule has 2 unspecified atom stereocenters. The summed E-state index contributed by atoms with van der Waals surface area (Å²) in [4.78, 5) is 0. The highest BCUT2D eigenvalue weighted by Crippen LogP contribution is 2.18. The van der Waals surface area contributed by atoms with Crippen LogP contribution in [0.3, 0.4) is 0 Å². The van der Waals surface area contributed by atoms with Crippen molar-refractivity contribution < 1.29 is 9.84 Å². The predicted octanol–water partition coefficient (Wildman–Crippen LogP) is 3.40. The van der Waals surface area contributed by atoms with E-state index >= 15 is 0 Å². The van der Waals surface area contributed by atoms with Gasteiger partial charge in [0.1, 0.15) is 6.10 Å². The number of aliphatic hydroxyl groups excluding tert-OH is 1. The van der Waals surface area contributed by atoms with Crippen molar-refractivity contribution in [2.24, 2.45) is 5.92 Å². The molecular formula is C15H24O2. The van der Waals surface area contributed by atoms with Crippen LogP contribution >= 0.6 is 0 Å². The van der Waals surface area contributed by atoms with Gasteiger partial charge in [0.25, 0.3) is 0 Å². The molecule has 0 saturated carbocycles. The molecule has 1 aromatic rings. The van der Waals surface area contributed by atoms with Crippen LogP contribution in [0.25, 0.3) is 0 Å². The average molecular weight is 236 g/mol. The molecule has 0 bridgehead atoms. The molecule has 0 heterocycles. The molecule has 2 heteroatoms. The first-order valence-electron chi connectivity index (χ1n) is 6.28. The summed E-state index contributed by atoms with van der Waals surface area (Å²) in [6.45, 7) is 10.8. The fourth-order valence-electron chi connectivity index (χ4n) is 1.50. The van der Waals surface area contributed by atoms with E-state index in [1.54, 1.807) is 0 Å². The van der Waals surface area contributed by atoms with Crippen molar-refractivity contribution in [1.29, 1.82) is 0 Å². The lowest BCUT2D eigenvalue weighted by Crippen LogP contribution is -2.19. The summed E-state index contributed by atoms with van der Waals surface area (Å²) < 4.78 is 5.64. The summed E-state index contributed by atoms with van der Waals surface area (Å²) in [5, 5.41) is 10.0. The number of hydrogen-bond donors (Lipinski definition) is 1. The Bertz CT molecular complexity index is 358. The summed E-state index contributed by atoms with van der Waals surface area (Å²) in [6, 6.07) is 6.04. The highest BCUT2D eigenvalue weighted by molar-refractivity contribution is 5.31. The van der Waals surface area contributed by atoms with Gasteiger partial charge in [0.2, 0.25) is 0 Å². The number of hydrogen-bond acceptors (Lipinski definition) is 2. The summed E-state index contributed by atoms with van der Waals surface area (Å²) in [7, 11) is 0. The zero-order valence-electron chi connectivity index (χ0n) is 11.5. The van der Waals surface area contributed by atoms with E-state index < -0.39 is 6.10 Å². The number of rotatable bonds is 5. The van der Waals surface area contributed by atoms with Gasteiger partial charge in [-0.2, -0.15) is 0 Å². The second-order valence-electron chi connectivity index (χ2n) is 5.14. The zero-order chi connectivity index (χ0) is 13.0. The van der Waals surface area contributed by atoms with Gasteiger partial charge in [0.05, 0.1) is 12.7 Å². The predicted molar refractivity (Wildman–Crippen MR) is 71.1 cm³/mol. The molecule has 2 nitrogen and oxygen atoms in total. The van der Waals surface area contributed by atoms with Gasteiger partial charge in [-0.05, 0) is 43.4 Å². The van der Waals surface area contributed by atoms with Crippen molar-refractivity contribution in [2.75, 3.05) is 6.61 Å². The Balaban J connectivity index is 2.58. The first kappa shape index (κ1) is 14.2. The second-order valence-corrected chi connectivity index (χ2v) is 5.14. The lowest BCUT2D eigenvalue weighted by atomic mass is 10.0. The van der Waals surface area contributed by atoms with Crippen LogP contribution in [0, 0.1) is 19.8 Å². The van der Waals surface area contributed by atoms with Crippen LogP contribution in [0.4, 0.5) is 0 Å². The van der Waals surface area contributed by atoms with E-state index in [0.717, 1.165) is 5.56 Å². The Morgan fingerprint density at radius 3 is 2.29 bits per heavy atom. The van der Waals surface area contributed by atoms with Crippen molar-refractivity contribution in [3.63, 3.8) is 0 Å². The molecule has 0 fully saturated rings. The molecule has 0 aliphatic carbocycles. The minimum atomic E-state index is -0.532. The Kier molecular flexibility index (Phi) is 5.16. The lowest BCUT2D eigenvalue weighted by molar-refractivity contribution is -0.0206. The molecule has 17 heavy (non-hydrogen) atoms. The van der Waals surface area contributed by atoms with Crippen LogP contribution in [0.2, 0.25) is 0 Å². The van der Waals surface area contributed by atoms with Crippen LogP contribution in [0.1, 0.15) is 43.6 Å². The van der Waals surface area contributed by atoms with Crippen LogP contribution in [0.15, 0.2) is 18.2 Å². The summed E-state index contributed by atoms with van der Waals surface area (Å²) in [5.74, 6) is 0.474. The van der Waals surface area contributed by atoms with Crippen molar-refractivity contribution in [3.8, 4) is 0 Å². The SMILES string of the molecule is Cc1ccc(C(O)COC(C)C(C)C)cc1C. The first-order valence-corrected chi connectivity index (χ1v) is 6.28. The van der Waals surface area contributed by atoms with Crippen LogP contribution in [-0.2, 0) is 4.74 Å². The largest absolute Gasteiger partial charge is 0.386 e. The molecule has 0 aliphatic heterocycles. The molecule has 0 saturated heterocycles. The first-order chi connectivity index (χ1) is 7.91. The highest BCUT2D eigenvalue weighted by Gasteiger charge is 2.12. The maximum atomic E-state index is 10.0. The minimum absolute atomic E-state index is 0.177. The van der Waals surface area contributed by atoms with Crippen LogP contribution < -0.4 is 0 Å². The van der Waals surface area contributed by atoms with Gasteiger partial charge in [-0.25, -0.2) is 0 Å². The number of aryl methyl sites for hydroxylation is 2. The summed E-state index contributed by atoms with van der Waals surface area (Å²) in [6.07, 6.45) is -0.355. The minimum Gasteiger partial charge on any atom is -0.386 e. The Hall–Kier alpha value is -0.860. The molecular weight excluding hydrogens is 212 g/mol. The number of aliphatic hydroxyl groups is 1. The monoisotopic (exact) mass is 236 g/mol. The van der Waals surface area contributed by atoms with E-state index in [4.69, 9.17) is 4.74 Å². The van der Waals surface area contributed by atoms with Gasteiger partial charge in [-0.3, -0.25) is 0 Å². The van der Waals surface area contributed by atoms with E-state index in [0.29, 0.717) is 12.5 Å². The molecule has 0 amide bonds. The molecule has 0 aliphatic rings. The molecule has 2 atom stereocenters. The zero-order valence-corrected chi connectivity index (χ0v) is 11.5. The van der Waals surface area contributed by atoms with Crippen molar-refractivity contribution in [3.05, 3.63) is 34.9 Å². The molecule has 1 aromatic carbocycles. The standard InChI is InChI=1S/C15H24O2/c1-10(2)13(5)17-9-15(16)14-7-6-11(3)12(4)8-14/h6-8,10,13,15-16H,9H2,1-5H3. The van der Waals surface area contributed by atoms with Gasteiger partial charge >= 0.3 is 0 Å². The van der Waals surface area contributed by atoms with E-state index in [2.05, 4.69) is 27.7 Å². The number of ether oxygens (including phenoxy) is 1. The number of benzene rings is 1. The van der Waals surface area contributed by atoms with Gasteiger partial charge in [-0.15, -0.1) is 0 Å². The van der Waals surface area contributed by atoms with Crippen LogP contribution in [-0.4, -0.2) is 17.8 Å². The maximum absolute atomic E-state index is 10.0. The average Bonchev–Trinajstić information content (AvgIpc) is 2.28. The molecule has 1 rings (SSSR count). The van der Waals surface area contributed by atoms with E-state index in [1.807, 2.05) is 25.1 Å². The van der Waals surface area contributed by atoms with Crippen molar-refractivity contribution in [1.82, 2.24) is 0 Å². The fraction of sp³-hybridized carbons (Fsp3) is 0.600. The van der Waals surface area contributed by atoms with Crippen molar-refractivity contribution in [2.45, 2.75) is 46.8 Å². The lowest BCUT2D eigenvalue weighted by Gasteiger charge is -2.19. The Morgan fingerprint density at radius 1 is 1.12 bits per heavy atom. The van der Waals surface area contributed by atoms with E-state index in [9.17, 15) is 5.11 Å². The second kappa shape index (κ2) is 6.18. The van der Waals surface area contributed by atoms with E-state index in [-0.39, 0.29) is 6.10 Å². The smallest absolute Gasteiger partial charge is 0.102 e. The molecule has 1 N–H and O–H groups in total. The Morgan fingerprint density at radius 2 is 1.76 bits per heavy atom. The molecule has 0 radical (unpaired) electrons. The van der Waals surface area contributed by atoms with Crippen LogP contribution in [0.5, 0.6) is 0 Å². The molecule has 96 valence electrons. The highest BCUT2D eigenvalue weighted by atomic mass is 16.5. The van der Waals surface area contributed by atoms with Gasteiger partial charge < -0.3 is 9.84 Å². The molecule has 0 spiro atoms. The topological polar surface area (TPSA) is 29.5 Å². The van der Waals surface area contributed by atoms with Gasteiger partial charge in [0, 0.05) is 0 Å². The quantitative estimate of drug-likeness (QED) is 0.849. The third-order valence-corrected chi connectivity index (χ3v) is 3.37. The normalized spacial score (nSPS) is 15.0. The molecule has 0 aromatic heterocycles. The third-order valence-electron chi connectivity index (χ3n) is 3.37.